The van der Waals surface area contributed by atoms with Crippen LogP contribution in [0.5, 0.6) is 0 Å². The Kier molecular flexibility index (Phi) is 6.08. The smallest absolute Gasteiger partial charge is 0.320 e. The lowest BCUT2D eigenvalue weighted by Crippen LogP contribution is -2.44. The molecule has 22 heavy (non-hydrogen) atoms. The average molecular weight is 384 g/mol. The molecule has 0 saturated carbocycles. The zero-order valence-electron chi connectivity index (χ0n) is 12.5. The van der Waals surface area contributed by atoms with Crippen molar-refractivity contribution in [2.45, 2.75) is 12.2 Å². The number of nitrogens with zero attached hydrogens (tertiary/aromatic N) is 1. The molecule has 0 radical (unpaired) electrons. The summed E-state index contributed by atoms with van der Waals surface area (Å²) < 4.78 is 5.71. The summed E-state index contributed by atoms with van der Waals surface area (Å²) in [5.41, 5.74) is 2.11. The maximum atomic E-state index is 12.3. The first-order valence-corrected chi connectivity index (χ1v) is 8.78. The molecule has 1 aromatic rings. The van der Waals surface area contributed by atoms with Gasteiger partial charge in [-0.1, -0.05) is 28.1 Å². The lowest BCUT2D eigenvalue weighted by molar-refractivity contribution is -0.140. The number of hydrogen-bond acceptors (Lipinski definition) is 4. The van der Waals surface area contributed by atoms with Gasteiger partial charge < -0.3 is 9.64 Å². The lowest BCUT2D eigenvalue weighted by Gasteiger charge is -2.30. The molecule has 1 heterocycles. The maximum absolute atomic E-state index is 12.3. The highest BCUT2D eigenvalue weighted by Crippen LogP contribution is 2.22. The van der Waals surface area contributed by atoms with Crippen molar-refractivity contribution in [3.8, 4) is 0 Å². The first-order chi connectivity index (χ1) is 10.5. The predicted octanol–water partition coefficient (Wildman–Crippen LogP) is 2.89. The Balaban J connectivity index is 2.02. The summed E-state index contributed by atoms with van der Waals surface area (Å²) in [7, 11) is 1.37. The Morgan fingerprint density at radius 3 is 2.91 bits per heavy atom. The van der Waals surface area contributed by atoms with Crippen molar-refractivity contribution >= 4 is 45.6 Å². The summed E-state index contributed by atoms with van der Waals surface area (Å²) in [6, 6.07) is 5.97. The normalized spacial score (nSPS) is 18.5. The molecule has 6 heteroatoms. The van der Waals surface area contributed by atoms with E-state index >= 15 is 0 Å². The van der Waals surface area contributed by atoms with Crippen LogP contribution in [0.15, 0.2) is 28.7 Å². The molecule has 0 aromatic heterocycles. The molecule has 0 bridgehead atoms. The minimum Gasteiger partial charge on any atom is -0.468 e. The molecular formula is C16H18BrNO3S. The summed E-state index contributed by atoms with van der Waals surface area (Å²) in [6.07, 6.45) is 3.35. The van der Waals surface area contributed by atoms with E-state index in [0.29, 0.717) is 13.1 Å². The fourth-order valence-corrected chi connectivity index (χ4v) is 3.91. The van der Waals surface area contributed by atoms with Crippen LogP contribution in [0.2, 0.25) is 0 Å². The zero-order valence-corrected chi connectivity index (χ0v) is 14.9. The fraction of sp³-hybridized carbons (Fsp3) is 0.375. The molecule has 1 aliphatic rings. The van der Waals surface area contributed by atoms with Gasteiger partial charge >= 0.3 is 5.97 Å². The third-order valence-electron chi connectivity index (χ3n) is 3.40. The number of thioether (sulfide) groups is 1. The van der Waals surface area contributed by atoms with Crippen LogP contribution in [0.3, 0.4) is 0 Å². The number of aryl methyl sites for hydroxylation is 1. The van der Waals surface area contributed by atoms with E-state index in [1.807, 2.05) is 25.1 Å². The maximum Gasteiger partial charge on any atom is 0.320 e. The van der Waals surface area contributed by atoms with Crippen molar-refractivity contribution in [2.75, 3.05) is 26.0 Å². The van der Waals surface area contributed by atoms with Crippen molar-refractivity contribution < 1.29 is 14.3 Å². The second-order valence-electron chi connectivity index (χ2n) is 5.03. The molecule has 1 aromatic carbocycles. The summed E-state index contributed by atoms with van der Waals surface area (Å²) in [5, 5.41) is -0.290. The SMILES string of the molecule is COC(=O)[C@H]1CN(C(=O)/C=C/c2ccc(C)cc2Br)CCS1. The van der Waals surface area contributed by atoms with Crippen LogP contribution in [0.4, 0.5) is 0 Å². The predicted molar refractivity (Wildman–Crippen MR) is 92.8 cm³/mol. The van der Waals surface area contributed by atoms with Crippen LogP contribution in [0.1, 0.15) is 11.1 Å². The van der Waals surface area contributed by atoms with Gasteiger partial charge in [0, 0.05) is 29.4 Å². The van der Waals surface area contributed by atoms with Crippen molar-refractivity contribution in [2.24, 2.45) is 0 Å². The number of benzene rings is 1. The van der Waals surface area contributed by atoms with Crippen LogP contribution >= 0.6 is 27.7 Å². The Labute approximate surface area is 143 Å². The molecule has 118 valence electrons. The number of ether oxygens (including phenoxy) is 1. The number of carbonyl (C=O) groups excluding carboxylic acids is 2. The van der Waals surface area contributed by atoms with E-state index in [1.165, 1.54) is 18.9 Å². The molecule has 1 aliphatic heterocycles. The fourth-order valence-electron chi connectivity index (χ4n) is 2.16. The minimum absolute atomic E-state index is 0.0818. The number of rotatable bonds is 3. The first-order valence-electron chi connectivity index (χ1n) is 6.94. The van der Waals surface area contributed by atoms with Gasteiger partial charge in [0.1, 0.15) is 5.25 Å². The largest absolute Gasteiger partial charge is 0.468 e. The van der Waals surface area contributed by atoms with Crippen molar-refractivity contribution in [1.82, 2.24) is 4.90 Å². The molecule has 4 nitrogen and oxygen atoms in total. The molecule has 1 fully saturated rings. The first kappa shape index (κ1) is 17.1. The molecule has 1 saturated heterocycles. The van der Waals surface area contributed by atoms with E-state index in [-0.39, 0.29) is 17.1 Å². The van der Waals surface area contributed by atoms with Gasteiger partial charge in [0.2, 0.25) is 5.91 Å². The molecule has 0 spiro atoms. The Morgan fingerprint density at radius 1 is 1.45 bits per heavy atom. The average Bonchev–Trinajstić information content (AvgIpc) is 2.53. The monoisotopic (exact) mass is 383 g/mol. The highest BCUT2D eigenvalue weighted by Gasteiger charge is 2.28. The standard InChI is InChI=1S/C16H18BrNO3S/c1-11-3-4-12(13(17)9-11)5-6-15(19)18-7-8-22-14(10-18)16(20)21-2/h3-6,9,14H,7-8,10H2,1-2H3/b6-5+/t14-/m1/s1. The quantitative estimate of drug-likeness (QED) is 0.594. The van der Waals surface area contributed by atoms with E-state index in [1.54, 1.807) is 17.1 Å². The number of hydrogen-bond donors (Lipinski definition) is 0. The van der Waals surface area contributed by atoms with Gasteiger partial charge in [0.15, 0.2) is 0 Å². The second-order valence-corrected chi connectivity index (χ2v) is 7.19. The summed E-state index contributed by atoms with van der Waals surface area (Å²) >= 11 is 5.03. The molecule has 1 amide bonds. The highest BCUT2D eigenvalue weighted by molar-refractivity contribution is 9.10. The third kappa shape index (κ3) is 4.36. The molecular weight excluding hydrogens is 366 g/mol. The van der Waals surface area contributed by atoms with Gasteiger partial charge in [-0.2, -0.15) is 0 Å². The number of methoxy groups -OCH3 is 1. The molecule has 0 N–H and O–H groups in total. The van der Waals surface area contributed by atoms with E-state index in [9.17, 15) is 9.59 Å². The van der Waals surface area contributed by atoms with E-state index in [4.69, 9.17) is 4.74 Å². The van der Waals surface area contributed by atoms with E-state index in [2.05, 4.69) is 15.9 Å². The molecule has 0 aliphatic carbocycles. The summed E-state index contributed by atoms with van der Waals surface area (Å²) in [5.74, 6) is 0.391. The number of amides is 1. The van der Waals surface area contributed by atoms with Gasteiger partial charge in [-0.15, -0.1) is 11.8 Å². The van der Waals surface area contributed by atoms with Crippen LogP contribution in [0, 0.1) is 6.92 Å². The molecule has 0 unspecified atom stereocenters. The lowest BCUT2D eigenvalue weighted by atomic mass is 10.1. The van der Waals surface area contributed by atoms with Gasteiger partial charge in [0.25, 0.3) is 0 Å². The van der Waals surface area contributed by atoms with E-state index in [0.717, 1.165) is 21.4 Å². The number of halogens is 1. The van der Waals surface area contributed by atoms with Crippen molar-refractivity contribution in [3.63, 3.8) is 0 Å². The number of carbonyl (C=O) groups is 2. The van der Waals surface area contributed by atoms with Crippen LogP contribution in [0.25, 0.3) is 6.08 Å². The topological polar surface area (TPSA) is 46.6 Å². The van der Waals surface area contributed by atoms with Crippen molar-refractivity contribution in [3.05, 3.63) is 39.9 Å². The third-order valence-corrected chi connectivity index (χ3v) is 5.25. The molecule has 2 rings (SSSR count). The number of esters is 1. The van der Waals surface area contributed by atoms with Gasteiger partial charge in [-0.3, -0.25) is 9.59 Å². The summed E-state index contributed by atoms with van der Waals surface area (Å²) in [4.78, 5) is 25.5. The van der Waals surface area contributed by atoms with Crippen LogP contribution in [-0.2, 0) is 14.3 Å². The Morgan fingerprint density at radius 2 is 2.23 bits per heavy atom. The van der Waals surface area contributed by atoms with Crippen molar-refractivity contribution in [1.29, 1.82) is 0 Å². The van der Waals surface area contributed by atoms with Gasteiger partial charge in [-0.05, 0) is 30.2 Å². The van der Waals surface area contributed by atoms with Crippen LogP contribution < -0.4 is 0 Å². The minimum atomic E-state index is -0.290. The highest BCUT2D eigenvalue weighted by atomic mass is 79.9. The van der Waals surface area contributed by atoms with Gasteiger partial charge in [-0.25, -0.2) is 0 Å². The second kappa shape index (κ2) is 7.83. The van der Waals surface area contributed by atoms with E-state index < -0.39 is 0 Å². The van der Waals surface area contributed by atoms with Crippen LogP contribution in [-0.4, -0.2) is 48.0 Å². The molecule has 1 atom stereocenters. The summed E-state index contributed by atoms with van der Waals surface area (Å²) in [6.45, 7) is 3.06. The zero-order chi connectivity index (χ0) is 16.1. The Bertz CT molecular complexity index is 603. The van der Waals surface area contributed by atoms with Gasteiger partial charge in [0.05, 0.1) is 7.11 Å². The Hall–Kier alpha value is -1.27.